The number of halogens is 1. The second-order valence-electron chi connectivity index (χ2n) is 8.03. The minimum atomic E-state index is -4.05. The lowest BCUT2D eigenvalue weighted by Crippen LogP contribution is -2.42. The Morgan fingerprint density at radius 3 is 2.44 bits per heavy atom. The second kappa shape index (κ2) is 10.5. The first-order valence-electron chi connectivity index (χ1n) is 11.3. The van der Waals surface area contributed by atoms with Gasteiger partial charge in [-0.05, 0) is 43.0 Å². The molecule has 7 heteroatoms. The third kappa shape index (κ3) is 4.86. The first kappa shape index (κ1) is 24.3. The third-order valence-electron chi connectivity index (χ3n) is 5.92. The maximum Gasteiger partial charge on any atom is 0.270 e. The van der Waals surface area contributed by atoms with Crippen molar-refractivity contribution in [3.63, 3.8) is 0 Å². The summed E-state index contributed by atoms with van der Waals surface area (Å²) in [5, 5.41) is 3.41. The molecule has 1 unspecified atom stereocenters. The molecule has 5 nitrogen and oxygen atoms in total. The van der Waals surface area contributed by atoms with Gasteiger partial charge in [-0.15, -0.1) is 0 Å². The SMILES string of the molecule is CCCCC(CC)CNC(=O)C1=C(c2ccccc2)c2cc(Cl)ccc2N(CC)S1(=O)=O. The number of hydrogen-bond acceptors (Lipinski definition) is 3. The van der Waals surface area contributed by atoms with E-state index in [0.29, 0.717) is 39.9 Å². The van der Waals surface area contributed by atoms with E-state index in [1.807, 2.05) is 30.3 Å². The summed E-state index contributed by atoms with van der Waals surface area (Å²) in [4.78, 5) is 13.2. The van der Waals surface area contributed by atoms with Crippen molar-refractivity contribution in [2.75, 3.05) is 17.4 Å². The Labute approximate surface area is 196 Å². The molecule has 1 amide bonds. The monoisotopic (exact) mass is 474 g/mol. The highest BCUT2D eigenvalue weighted by atomic mass is 35.5. The Balaban J connectivity index is 2.16. The number of amides is 1. The van der Waals surface area contributed by atoms with Crippen LogP contribution in [0.4, 0.5) is 5.69 Å². The van der Waals surface area contributed by atoms with Crippen LogP contribution in [0.25, 0.3) is 5.57 Å². The van der Waals surface area contributed by atoms with Crippen LogP contribution in [0.1, 0.15) is 57.6 Å². The minimum Gasteiger partial charge on any atom is -0.351 e. The molecular weight excluding hydrogens is 444 g/mol. The number of anilines is 1. The summed E-state index contributed by atoms with van der Waals surface area (Å²) >= 11 is 6.30. The maximum absolute atomic E-state index is 13.7. The molecule has 2 aromatic rings. The molecule has 172 valence electrons. The molecule has 1 atom stereocenters. The van der Waals surface area contributed by atoms with Crippen LogP contribution in [0.5, 0.6) is 0 Å². The summed E-state index contributed by atoms with van der Waals surface area (Å²) in [7, 11) is -4.05. The zero-order valence-corrected chi connectivity index (χ0v) is 20.5. The van der Waals surface area contributed by atoms with Crippen LogP contribution in [-0.2, 0) is 14.8 Å². The number of fused-ring (bicyclic) bond motifs is 1. The number of carbonyl (C=O) groups excluding carboxylic acids is 1. The van der Waals surface area contributed by atoms with Crippen molar-refractivity contribution in [2.45, 2.75) is 46.5 Å². The molecule has 32 heavy (non-hydrogen) atoms. The van der Waals surface area contributed by atoms with E-state index in [9.17, 15) is 13.2 Å². The van der Waals surface area contributed by atoms with Crippen molar-refractivity contribution in [3.8, 4) is 0 Å². The van der Waals surface area contributed by atoms with E-state index < -0.39 is 15.9 Å². The van der Waals surface area contributed by atoms with Crippen LogP contribution < -0.4 is 9.62 Å². The van der Waals surface area contributed by atoms with Gasteiger partial charge in [-0.2, -0.15) is 0 Å². The molecule has 0 fully saturated rings. The van der Waals surface area contributed by atoms with Crippen molar-refractivity contribution in [2.24, 2.45) is 5.92 Å². The van der Waals surface area contributed by atoms with Gasteiger partial charge in [-0.3, -0.25) is 9.10 Å². The topological polar surface area (TPSA) is 66.5 Å². The molecule has 0 aliphatic carbocycles. The highest BCUT2D eigenvalue weighted by molar-refractivity contribution is 7.97. The average Bonchev–Trinajstić information content (AvgIpc) is 2.78. The van der Waals surface area contributed by atoms with Crippen LogP contribution in [0.2, 0.25) is 5.02 Å². The van der Waals surface area contributed by atoms with Gasteiger partial charge in [0.1, 0.15) is 0 Å². The summed E-state index contributed by atoms with van der Waals surface area (Å²) in [6, 6.07) is 14.3. The van der Waals surface area contributed by atoms with E-state index >= 15 is 0 Å². The van der Waals surface area contributed by atoms with Gasteiger partial charge in [0, 0.05) is 29.2 Å². The van der Waals surface area contributed by atoms with E-state index in [0.717, 1.165) is 25.7 Å². The van der Waals surface area contributed by atoms with Gasteiger partial charge in [-0.25, -0.2) is 8.42 Å². The summed E-state index contributed by atoms with van der Waals surface area (Å²) in [6.45, 7) is 6.65. The smallest absolute Gasteiger partial charge is 0.270 e. The summed E-state index contributed by atoms with van der Waals surface area (Å²) in [6.07, 6.45) is 4.10. The summed E-state index contributed by atoms with van der Waals surface area (Å²) in [5.74, 6) is -0.252. The van der Waals surface area contributed by atoms with Crippen LogP contribution >= 0.6 is 11.6 Å². The molecule has 0 aromatic heterocycles. The molecule has 1 aliphatic rings. The number of carbonyl (C=O) groups is 1. The van der Waals surface area contributed by atoms with Crippen LogP contribution in [0.15, 0.2) is 53.4 Å². The molecule has 0 saturated carbocycles. The van der Waals surface area contributed by atoms with Gasteiger partial charge in [-0.1, -0.05) is 75.0 Å². The normalized spacial score (nSPS) is 15.9. The number of nitrogens with zero attached hydrogens (tertiary/aromatic N) is 1. The third-order valence-corrected chi connectivity index (χ3v) is 8.10. The maximum atomic E-state index is 13.7. The van der Waals surface area contributed by atoms with Crippen LogP contribution in [-0.4, -0.2) is 27.4 Å². The average molecular weight is 475 g/mol. The molecule has 2 aromatic carbocycles. The second-order valence-corrected chi connectivity index (χ2v) is 10.3. The highest BCUT2D eigenvalue weighted by Gasteiger charge is 2.40. The Hall–Kier alpha value is -2.31. The quantitative estimate of drug-likeness (QED) is 0.514. The van der Waals surface area contributed by atoms with E-state index in [4.69, 9.17) is 11.6 Å². The van der Waals surface area contributed by atoms with E-state index in [-0.39, 0.29) is 11.4 Å². The van der Waals surface area contributed by atoms with Crippen molar-refractivity contribution in [1.82, 2.24) is 5.32 Å². The fourth-order valence-electron chi connectivity index (χ4n) is 4.14. The lowest BCUT2D eigenvalue weighted by molar-refractivity contribution is -0.117. The molecule has 1 aliphatic heterocycles. The molecule has 0 spiro atoms. The number of unbranched alkanes of at least 4 members (excludes halogenated alkanes) is 1. The summed E-state index contributed by atoms with van der Waals surface area (Å²) in [5.41, 5.74) is 2.23. The van der Waals surface area contributed by atoms with E-state index in [2.05, 4.69) is 19.2 Å². The highest BCUT2D eigenvalue weighted by Crippen LogP contribution is 2.43. The molecule has 1 N–H and O–H groups in total. The fraction of sp³-hybridized carbons (Fsp3) is 0.400. The Kier molecular flexibility index (Phi) is 8.01. The predicted octanol–water partition coefficient (Wildman–Crippen LogP) is 5.60. The van der Waals surface area contributed by atoms with Crippen LogP contribution in [0, 0.1) is 5.92 Å². The molecule has 0 radical (unpaired) electrons. The molecule has 1 heterocycles. The fourth-order valence-corrected chi connectivity index (χ4v) is 6.08. The number of rotatable bonds is 9. The van der Waals surface area contributed by atoms with Crippen molar-refractivity contribution in [3.05, 3.63) is 69.6 Å². The van der Waals surface area contributed by atoms with E-state index in [1.54, 1.807) is 25.1 Å². The van der Waals surface area contributed by atoms with E-state index in [1.165, 1.54) is 4.31 Å². The Bertz CT molecular complexity index is 1100. The first-order chi connectivity index (χ1) is 15.3. The molecule has 3 rings (SSSR count). The predicted molar refractivity (Wildman–Crippen MR) is 132 cm³/mol. The number of hydrogen-bond donors (Lipinski definition) is 1. The Morgan fingerprint density at radius 1 is 1.09 bits per heavy atom. The lowest BCUT2D eigenvalue weighted by atomic mass is 9.95. The van der Waals surface area contributed by atoms with Gasteiger partial charge in [0.05, 0.1) is 5.69 Å². The Morgan fingerprint density at radius 2 is 1.81 bits per heavy atom. The molecular formula is C25H31ClN2O3S. The summed E-state index contributed by atoms with van der Waals surface area (Å²) < 4.78 is 28.6. The van der Waals surface area contributed by atoms with Gasteiger partial charge >= 0.3 is 0 Å². The van der Waals surface area contributed by atoms with Gasteiger partial charge in [0.15, 0.2) is 4.91 Å². The van der Waals surface area contributed by atoms with Crippen molar-refractivity contribution < 1.29 is 13.2 Å². The first-order valence-corrected chi connectivity index (χ1v) is 13.1. The molecule has 0 saturated heterocycles. The van der Waals surface area contributed by atoms with Crippen LogP contribution in [0.3, 0.4) is 0 Å². The zero-order valence-electron chi connectivity index (χ0n) is 18.9. The van der Waals surface area contributed by atoms with Crippen molar-refractivity contribution in [1.29, 1.82) is 0 Å². The molecule has 0 bridgehead atoms. The van der Waals surface area contributed by atoms with Gasteiger partial charge < -0.3 is 5.32 Å². The van der Waals surface area contributed by atoms with Gasteiger partial charge in [0.2, 0.25) is 0 Å². The number of sulfonamides is 1. The lowest BCUT2D eigenvalue weighted by Gasteiger charge is -2.33. The van der Waals surface area contributed by atoms with Crippen molar-refractivity contribution >= 4 is 38.8 Å². The number of benzene rings is 2. The largest absolute Gasteiger partial charge is 0.351 e. The van der Waals surface area contributed by atoms with Gasteiger partial charge in [0.25, 0.3) is 15.9 Å². The number of nitrogens with one attached hydrogen (secondary N) is 1. The zero-order chi connectivity index (χ0) is 23.3. The standard InChI is InChI=1S/C25H31ClN2O3S/c1-4-7-11-18(5-2)17-27-25(29)24-23(19-12-9-8-10-13-19)21-16-20(26)14-15-22(21)28(6-3)32(24,30)31/h8-10,12-16,18H,4-7,11,17H2,1-3H3,(H,27,29). The minimum absolute atomic E-state index is 0.212.